The van der Waals surface area contributed by atoms with Crippen LogP contribution < -0.4 is 5.32 Å². The second kappa shape index (κ2) is 8.81. The van der Waals surface area contributed by atoms with E-state index in [1.807, 2.05) is 4.90 Å². The summed E-state index contributed by atoms with van der Waals surface area (Å²) in [5.41, 5.74) is 2.60. The first-order valence-electron chi connectivity index (χ1n) is 9.45. The van der Waals surface area contributed by atoms with Crippen LogP contribution in [0.15, 0.2) is 5.38 Å². The van der Waals surface area contributed by atoms with E-state index in [1.165, 1.54) is 17.5 Å². The van der Waals surface area contributed by atoms with Crippen LogP contribution >= 0.6 is 11.3 Å². The zero-order valence-electron chi connectivity index (χ0n) is 15.0. The van der Waals surface area contributed by atoms with Gasteiger partial charge in [0.1, 0.15) is 0 Å². The Morgan fingerprint density at radius 1 is 1.36 bits per heavy atom. The fraction of sp³-hybridized carbons (Fsp3) is 0.684. The van der Waals surface area contributed by atoms with Crippen LogP contribution in [0.5, 0.6) is 0 Å². The molecular formula is C19H28N2O3S. The summed E-state index contributed by atoms with van der Waals surface area (Å²) in [4.78, 5) is 28.1. The van der Waals surface area contributed by atoms with E-state index < -0.39 is 0 Å². The highest BCUT2D eigenvalue weighted by Crippen LogP contribution is 2.31. The largest absolute Gasteiger partial charge is 0.377 e. The Hall–Kier alpha value is -1.40. The van der Waals surface area contributed by atoms with Gasteiger partial charge in [0.2, 0.25) is 5.91 Å². The highest BCUT2D eigenvalue weighted by Gasteiger charge is 2.32. The summed E-state index contributed by atoms with van der Waals surface area (Å²) in [5, 5.41) is 5.09. The second-order valence-electron chi connectivity index (χ2n) is 6.91. The van der Waals surface area contributed by atoms with Gasteiger partial charge in [0, 0.05) is 19.5 Å². The molecule has 0 bridgehead atoms. The average molecular weight is 365 g/mol. The van der Waals surface area contributed by atoms with Crippen molar-refractivity contribution in [2.24, 2.45) is 0 Å². The predicted molar refractivity (Wildman–Crippen MR) is 99.1 cm³/mol. The van der Waals surface area contributed by atoms with Gasteiger partial charge >= 0.3 is 0 Å². The molecule has 0 unspecified atom stereocenters. The number of carbonyl (C=O) groups is 2. The van der Waals surface area contributed by atoms with Gasteiger partial charge in [-0.15, -0.1) is 11.3 Å². The summed E-state index contributed by atoms with van der Waals surface area (Å²) in [6.07, 6.45) is 6.84. The molecule has 2 heterocycles. The highest BCUT2D eigenvalue weighted by molar-refractivity contribution is 7.12. The number of hydrogen-bond acceptors (Lipinski definition) is 4. The van der Waals surface area contributed by atoms with E-state index >= 15 is 0 Å². The van der Waals surface area contributed by atoms with Crippen molar-refractivity contribution < 1.29 is 14.3 Å². The minimum atomic E-state index is -0.163. The van der Waals surface area contributed by atoms with Crippen molar-refractivity contribution in [3.8, 4) is 0 Å². The molecule has 1 aromatic rings. The lowest BCUT2D eigenvalue weighted by molar-refractivity contribution is -0.123. The predicted octanol–water partition coefficient (Wildman–Crippen LogP) is 2.77. The third-order valence-electron chi connectivity index (χ3n) is 5.06. The number of fused-ring (bicyclic) bond motifs is 1. The molecule has 1 aromatic heterocycles. The first-order chi connectivity index (χ1) is 12.2. The maximum atomic E-state index is 13.1. The van der Waals surface area contributed by atoms with E-state index in [-0.39, 0.29) is 17.9 Å². The van der Waals surface area contributed by atoms with Crippen LogP contribution in [-0.2, 0) is 22.4 Å². The highest BCUT2D eigenvalue weighted by atomic mass is 32.1. The number of ether oxygens (including phenoxy) is 1. The quantitative estimate of drug-likeness (QED) is 0.790. The number of nitrogens with one attached hydrogen (secondary N) is 1. The normalized spacial score (nSPS) is 20.2. The molecule has 3 rings (SSSR count). The van der Waals surface area contributed by atoms with Crippen LogP contribution in [0.1, 0.15) is 59.8 Å². The number of thiophene rings is 1. The van der Waals surface area contributed by atoms with Crippen LogP contribution in [0.4, 0.5) is 0 Å². The number of hydrogen-bond donors (Lipinski definition) is 1. The molecule has 6 heteroatoms. The van der Waals surface area contributed by atoms with Crippen LogP contribution in [0, 0.1) is 0 Å². The standard InChI is InChI=1S/C19H28N2O3S/c1-2-3-8-20-17(22)11-15-12-24-10-9-21(15)19(23)18-16-7-5-4-6-14(16)13-25-18/h13,15H,2-12H2,1H3,(H,20,22)/t15-/m1/s1. The topological polar surface area (TPSA) is 58.6 Å². The van der Waals surface area contributed by atoms with E-state index in [0.29, 0.717) is 32.7 Å². The molecule has 2 aliphatic rings. The van der Waals surface area contributed by atoms with Gasteiger partial charge in [-0.05, 0) is 48.6 Å². The summed E-state index contributed by atoms with van der Waals surface area (Å²) in [7, 11) is 0. The van der Waals surface area contributed by atoms with E-state index in [1.54, 1.807) is 11.3 Å². The van der Waals surface area contributed by atoms with Gasteiger partial charge in [-0.1, -0.05) is 13.3 Å². The van der Waals surface area contributed by atoms with Gasteiger partial charge in [-0.2, -0.15) is 0 Å². The molecule has 1 N–H and O–H groups in total. The van der Waals surface area contributed by atoms with Crippen LogP contribution in [0.25, 0.3) is 0 Å². The van der Waals surface area contributed by atoms with Gasteiger partial charge in [0.05, 0.1) is 24.1 Å². The maximum absolute atomic E-state index is 13.1. The Labute approximate surface area is 153 Å². The summed E-state index contributed by atoms with van der Waals surface area (Å²) < 4.78 is 5.55. The van der Waals surface area contributed by atoms with E-state index in [4.69, 9.17) is 4.74 Å². The Kier molecular flexibility index (Phi) is 6.48. The molecule has 5 nitrogen and oxygen atoms in total. The molecule has 138 valence electrons. The summed E-state index contributed by atoms with van der Waals surface area (Å²) >= 11 is 1.57. The van der Waals surface area contributed by atoms with Gasteiger partial charge in [0.25, 0.3) is 5.91 Å². The van der Waals surface area contributed by atoms with Crippen molar-refractivity contribution in [3.05, 3.63) is 21.4 Å². The maximum Gasteiger partial charge on any atom is 0.264 e. The van der Waals surface area contributed by atoms with Crippen molar-refractivity contribution in [1.82, 2.24) is 10.2 Å². The molecule has 1 aliphatic carbocycles. The minimum absolute atomic E-state index is 0.00922. The SMILES string of the molecule is CCCCNC(=O)C[C@@H]1COCCN1C(=O)c1scc2c1CCCC2. The van der Waals surface area contributed by atoms with Gasteiger partial charge in [0.15, 0.2) is 0 Å². The Balaban J connectivity index is 1.67. The minimum Gasteiger partial charge on any atom is -0.377 e. The van der Waals surface area contributed by atoms with Crippen LogP contribution in [0.2, 0.25) is 0 Å². The third-order valence-corrected chi connectivity index (χ3v) is 6.12. The smallest absolute Gasteiger partial charge is 0.264 e. The lowest BCUT2D eigenvalue weighted by atomic mass is 9.93. The van der Waals surface area contributed by atoms with Crippen LogP contribution in [-0.4, -0.2) is 49.1 Å². The Morgan fingerprint density at radius 3 is 3.04 bits per heavy atom. The molecule has 1 atom stereocenters. The summed E-state index contributed by atoms with van der Waals surface area (Å²) in [6.45, 7) is 4.37. The molecule has 1 fully saturated rings. The zero-order valence-corrected chi connectivity index (χ0v) is 15.8. The van der Waals surface area contributed by atoms with Crippen LogP contribution in [0.3, 0.4) is 0 Å². The van der Waals surface area contributed by atoms with Crippen molar-refractivity contribution >= 4 is 23.2 Å². The van der Waals surface area contributed by atoms with Crippen molar-refractivity contribution in [2.75, 3.05) is 26.3 Å². The molecule has 1 saturated heterocycles. The fourth-order valence-corrected chi connectivity index (χ4v) is 4.72. The third kappa shape index (κ3) is 4.42. The zero-order chi connectivity index (χ0) is 17.6. The van der Waals surface area contributed by atoms with Crippen molar-refractivity contribution in [2.45, 2.75) is 57.9 Å². The molecule has 1 aliphatic heterocycles. The van der Waals surface area contributed by atoms with Gasteiger partial charge in [-0.25, -0.2) is 0 Å². The first-order valence-corrected chi connectivity index (χ1v) is 10.3. The molecule has 0 radical (unpaired) electrons. The molecule has 25 heavy (non-hydrogen) atoms. The van der Waals surface area contributed by atoms with Gasteiger partial charge in [-0.3, -0.25) is 9.59 Å². The number of morpholine rings is 1. The number of amides is 2. The molecule has 2 amide bonds. The lowest BCUT2D eigenvalue weighted by Gasteiger charge is -2.35. The fourth-order valence-electron chi connectivity index (χ4n) is 3.61. The number of rotatable bonds is 6. The summed E-state index contributed by atoms with van der Waals surface area (Å²) in [5.74, 6) is 0.0952. The van der Waals surface area contributed by atoms with Gasteiger partial charge < -0.3 is 15.0 Å². The van der Waals surface area contributed by atoms with E-state index in [0.717, 1.165) is 37.0 Å². The lowest BCUT2D eigenvalue weighted by Crippen LogP contribution is -2.50. The monoisotopic (exact) mass is 364 g/mol. The number of aryl methyl sites for hydroxylation is 1. The van der Waals surface area contributed by atoms with Crippen molar-refractivity contribution in [1.29, 1.82) is 0 Å². The Bertz CT molecular complexity index is 614. The van der Waals surface area contributed by atoms with E-state index in [2.05, 4.69) is 17.6 Å². The number of unbranched alkanes of at least 4 members (excludes halogenated alkanes) is 1. The Morgan fingerprint density at radius 2 is 2.20 bits per heavy atom. The average Bonchev–Trinajstić information content (AvgIpc) is 3.06. The molecule has 0 aromatic carbocycles. The molecule has 0 spiro atoms. The summed E-state index contributed by atoms with van der Waals surface area (Å²) in [6, 6.07) is -0.163. The van der Waals surface area contributed by atoms with Crippen molar-refractivity contribution in [3.63, 3.8) is 0 Å². The first kappa shape index (κ1) is 18.4. The molecular weight excluding hydrogens is 336 g/mol. The van der Waals surface area contributed by atoms with E-state index in [9.17, 15) is 9.59 Å². The second-order valence-corrected chi connectivity index (χ2v) is 7.79. The molecule has 0 saturated carbocycles. The number of carbonyl (C=O) groups excluding carboxylic acids is 2. The number of nitrogens with zero attached hydrogens (tertiary/aromatic N) is 1.